The molecule has 17 heavy (non-hydrogen) atoms. The van der Waals surface area contributed by atoms with E-state index in [1.165, 1.54) is 0 Å². The lowest BCUT2D eigenvalue weighted by atomic mass is 10.0. The van der Waals surface area contributed by atoms with Gasteiger partial charge in [-0.15, -0.1) is 0 Å². The Morgan fingerprint density at radius 2 is 2.06 bits per heavy atom. The average Bonchev–Trinajstić information content (AvgIpc) is 2.29. The van der Waals surface area contributed by atoms with E-state index in [-0.39, 0.29) is 17.8 Å². The van der Waals surface area contributed by atoms with E-state index < -0.39 is 0 Å². The summed E-state index contributed by atoms with van der Waals surface area (Å²) in [6.45, 7) is 5.36. The number of para-hydroxylation sites is 1. The lowest BCUT2D eigenvalue weighted by Crippen LogP contribution is -2.23. The Labute approximate surface area is 111 Å². The van der Waals surface area contributed by atoms with Crippen LogP contribution >= 0.6 is 15.9 Å². The Balaban J connectivity index is 2.34. The quantitative estimate of drug-likeness (QED) is 0.708. The number of halogens is 1. The summed E-state index contributed by atoms with van der Waals surface area (Å²) in [5.74, 6) is 0.570. The van der Waals surface area contributed by atoms with E-state index in [1.807, 2.05) is 26.0 Å². The second kappa shape index (κ2) is 6.99. The number of phenols is 1. The van der Waals surface area contributed by atoms with Gasteiger partial charge in [-0.2, -0.15) is 0 Å². The van der Waals surface area contributed by atoms with Crippen molar-refractivity contribution in [3.8, 4) is 5.75 Å². The van der Waals surface area contributed by atoms with Crippen molar-refractivity contribution in [1.82, 2.24) is 5.32 Å². The van der Waals surface area contributed by atoms with E-state index in [9.17, 15) is 10.2 Å². The molecule has 96 valence electrons. The van der Waals surface area contributed by atoms with Crippen LogP contribution in [0.1, 0.15) is 25.8 Å². The smallest absolute Gasteiger partial charge is 0.134 e. The molecule has 0 radical (unpaired) electrons. The van der Waals surface area contributed by atoms with Crippen LogP contribution in [-0.2, 0) is 6.54 Å². The van der Waals surface area contributed by atoms with Gasteiger partial charge < -0.3 is 15.5 Å². The summed E-state index contributed by atoms with van der Waals surface area (Å²) in [5.41, 5.74) is 0.860. The molecule has 0 saturated heterocycles. The summed E-state index contributed by atoms with van der Waals surface area (Å²) in [6.07, 6.45) is 0.463. The first-order chi connectivity index (χ1) is 8.02. The Morgan fingerprint density at radius 3 is 2.71 bits per heavy atom. The Morgan fingerprint density at radius 1 is 1.35 bits per heavy atom. The molecule has 1 aromatic carbocycles. The van der Waals surface area contributed by atoms with Gasteiger partial charge in [0.1, 0.15) is 5.75 Å². The zero-order valence-corrected chi connectivity index (χ0v) is 11.9. The van der Waals surface area contributed by atoms with Crippen LogP contribution in [0.2, 0.25) is 0 Å². The number of nitrogens with one attached hydrogen (secondary N) is 1. The van der Waals surface area contributed by atoms with Gasteiger partial charge in [0.15, 0.2) is 0 Å². The minimum atomic E-state index is -0.265. The van der Waals surface area contributed by atoms with E-state index in [4.69, 9.17) is 0 Å². The predicted octanol–water partition coefficient (Wildman–Crippen LogP) is 2.65. The van der Waals surface area contributed by atoms with Crippen LogP contribution in [0, 0.1) is 5.92 Å². The van der Waals surface area contributed by atoms with Crippen molar-refractivity contribution < 1.29 is 10.2 Å². The number of phenolic OH excluding ortho intramolecular Hbond substituents is 1. The molecule has 0 bridgehead atoms. The molecule has 0 aliphatic carbocycles. The summed E-state index contributed by atoms with van der Waals surface area (Å²) < 4.78 is 0.707. The minimum absolute atomic E-state index is 0.265. The van der Waals surface area contributed by atoms with Gasteiger partial charge in [0, 0.05) is 12.1 Å². The summed E-state index contributed by atoms with van der Waals surface area (Å²) >= 11 is 3.28. The van der Waals surface area contributed by atoms with E-state index >= 15 is 0 Å². The first-order valence-electron chi connectivity index (χ1n) is 5.87. The number of hydrogen-bond acceptors (Lipinski definition) is 3. The van der Waals surface area contributed by atoms with E-state index in [0.717, 1.165) is 18.5 Å². The molecule has 0 aliphatic heterocycles. The molecule has 4 heteroatoms. The van der Waals surface area contributed by atoms with Gasteiger partial charge in [-0.25, -0.2) is 0 Å². The normalized spacial score (nSPS) is 13.0. The first-order valence-corrected chi connectivity index (χ1v) is 6.66. The molecule has 3 nitrogen and oxygen atoms in total. The summed E-state index contributed by atoms with van der Waals surface area (Å²) in [7, 11) is 0. The first kappa shape index (κ1) is 14.5. The van der Waals surface area contributed by atoms with Crippen molar-refractivity contribution in [1.29, 1.82) is 0 Å². The molecule has 1 atom stereocenters. The number of benzene rings is 1. The van der Waals surface area contributed by atoms with Crippen molar-refractivity contribution in [2.24, 2.45) is 5.92 Å². The average molecular weight is 302 g/mol. The zero-order chi connectivity index (χ0) is 12.8. The van der Waals surface area contributed by atoms with Gasteiger partial charge in [-0.3, -0.25) is 0 Å². The van der Waals surface area contributed by atoms with Crippen LogP contribution in [0.4, 0.5) is 0 Å². The van der Waals surface area contributed by atoms with E-state index in [0.29, 0.717) is 11.0 Å². The molecule has 0 amide bonds. The van der Waals surface area contributed by atoms with Crippen LogP contribution < -0.4 is 5.32 Å². The molecular weight excluding hydrogens is 282 g/mol. The Kier molecular flexibility index (Phi) is 5.95. The van der Waals surface area contributed by atoms with Gasteiger partial charge in [0.2, 0.25) is 0 Å². The predicted molar refractivity (Wildman–Crippen MR) is 73.0 cm³/mol. The van der Waals surface area contributed by atoms with Crippen LogP contribution in [0.3, 0.4) is 0 Å². The third kappa shape index (κ3) is 4.66. The topological polar surface area (TPSA) is 52.5 Å². The highest BCUT2D eigenvalue weighted by Crippen LogP contribution is 2.27. The van der Waals surface area contributed by atoms with Crippen LogP contribution in [0.15, 0.2) is 22.7 Å². The number of rotatable bonds is 6. The second-order valence-corrected chi connectivity index (χ2v) is 5.38. The highest BCUT2D eigenvalue weighted by Gasteiger charge is 2.08. The van der Waals surface area contributed by atoms with E-state index in [1.54, 1.807) is 6.07 Å². The fourth-order valence-electron chi connectivity index (χ4n) is 1.51. The summed E-state index contributed by atoms with van der Waals surface area (Å²) in [5, 5.41) is 22.6. The molecule has 0 aliphatic rings. The Bertz CT molecular complexity index is 355. The fourth-order valence-corrected chi connectivity index (χ4v) is 1.92. The molecule has 0 fully saturated rings. The molecule has 1 unspecified atom stereocenters. The van der Waals surface area contributed by atoms with Gasteiger partial charge in [-0.1, -0.05) is 26.0 Å². The molecule has 0 spiro atoms. The third-order valence-corrected chi connectivity index (χ3v) is 3.41. The number of hydrogen-bond donors (Lipinski definition) is 3. The highest BCUT2D eigenvalue weighted by molar-refractivity contribution is 9.10. The fraction of sp³-hybridized carbons (Fsp3) is 0.538. The molecule has 3 N–H and O–H groups in total. The third-order valence-electron chi connectivity index (χ3n) is 2.77. The maximum Gasteiger partial charge on any atom is 0.134 e. The van der Waals surface area contributed by atoms with Gasteiger partial charge in [0.05, 0.1) is 10.6 Å². The lowest BCUT2D eigenvalue weighted by molar-refractivity contribution is 0.116. The van der Waals surface area contributed by atoms with Crippen LogP contribution in [0.5, 0.6) is 5.75 Å². The highest BCUT2D eigenvalue weighted by atomic mass is 79.9. The standard InChI is InChI=1S/C13H20BrNO2/c1-9(2)12(16)6-7-15-8-10-4-3-5-11(14)13(10)17/h3-5,9,12,15-17H,6-8H2,1-2H3. The number of aliphatic hydroxyl groups is 1. The zero-order valence-electron chi connectivity index (χ0n) is 10.3. The molecule has 0 aromatic heterocycles. The SMILES string of the molecule is CC(C)C(O)CCNCc1cccc(Br)c1O. The van der Waals surface area contributed by atoms with Gasteiger partial charge >= 0.3 is 0 Å². The second-order valence-electron chi connectivity index (χ2n) is 4.52. The largest absolute Gasteiger partial charge is 0.506 e. The van der Waals surface area contributed by atoms with Crippen molar-refractivity contribution in [3.05, 3.63) is 28.2 Å². The molecule has 0 saturated carbocycles. The minimum Gasteiger partial charge on any atom is -0.506 e. The monoisotopic (exact) mass is 301 g/mol. The maximum absolute atomic E-state index is 9.76. The summed E-state index contributed by atoms with van der Waals surface area (Å²) in [6, 6.07) is 5.58. The molecule has 0 heterocycles. The maximum atomic E-state index is 9.76. The van der Waals surface area contributed by atoms with Crippen molar-refractivity contribution in [2.75, 3.05) is 6.54 Å². The van der Waals surface area contributed by atoms with Gasteiger partial charge in [0.25, 0.3) is 0 Å². The Hall–Kier alpha value is -0.580. The van der Waals surface area contributed by atoms with Gasteiger partial charge in [-0.05, 0) is 40.9 Å². The summed E-state index contributed by atoms with van der Waals surface area (Å²) in [4.78, 5) is 0. The number of aromatic hydroxyl groups is 1. The van der Waals surface area contributed by atoms with Crippen molar-refractivity contribution in [3.63, 3.8) is 0 Å². The van der Waals surface area contributed by atoms with Crippen molar-refractivity contribution >= 4 is 15.9 Å². The van der Waals surface area contributed by atoms with Crippen LogP contribution in [-0.4, -0.2) is 22.9 Å². The number of aliphatic hydroxyl groups excluding tert-OH is 1. The molecule has 1 rings (SSSR count). The van der Waals surface area contributed by atoms with E-state index in [2.05, 4.69) is 21.2 Å². The lowest BCUT2D eigenvalue weighted by Gasteiger charge is -2.14. The van der Waals surface area contributed by atoms with Crippen molar-refractivity contribution in [2.45, 2.75) is 32.9 Å². The van der Waals surface area contributed by atoms with Crippen LogP contribution in [0.25, 0.3) is 0 Å². The molecular formula is C13H20BrNO2. The molecule has 1 aromatic rings.